The Kier molecular flexibility index (Phi) is 7.26. The SMILES string of the molecule is CCN(C[C@H](O)c1cccc(O)c1)C(=O)CC1CCN(C(C)C)CC1. The second kappa shape index (κ2) is 9.20. The normalized spacial score (nSPS) is 17.6. The van der Waals surface area contributed by atoms with Crippen LogP contribution in [-0.2, 0) is 4.79 Å². The molecule has 1 fully saturated rings. The quantitative estimate of drug-likeness (QED) is 0.795. The number of phenols is 1. The third-order valence-electron chi connectivity index (χ3n) is 5.23. The van der Waals surface area contributed by atoms with Crippen LogP contribution in [0.4, 0.5) is 0 Å². The molecule has 0 aromatic heterocycles. The van der Waals surface area contributed by atoms with Crippen LogP contribution in [0.2, 0.25) is 0 Å². The van der Waals surface area contributed by atoms with Crippen LogP contribution in [0.25, 0.3) is 0 Å². The maximum Gasteiger partial charge on any atom is 0.222 e. The fourth-order valence-corrected chi connectivity index (χ4v) is 3.50. The second-order valence-corrected chi connectivity index (χ2v) is 7.32. The van der Waals surface area contributed by atoms with Gasteiger partial charge < -0.3 is 20.0 Å². The fraction of sp³-hybridized carbons (Fsp3) is 0.650. The summed E-state index contributed by atoms with van der Waals surface area (Å²) in [6.07, 6.45) is 1.92. The molecule has 1 atom stereocenters. The van der Waals surface area contributed by atoms with Crippen molar-refractivity contribution in [3.63, 3.8) is 0 Å². The lowest BCUT2D eigenvalue weighted by Gasteiger charge is -2.35. The van der Waals surface area contributed by atoms with Gasteiger partial charge in [0.15, 0.2) is 0 Å². The molecule has 0 spiro atoms. The summed E-state index contributed by atoms with van der Waals surface area (Å²) in [4.78, 5) is 16.8. The number of aliphatic hydroxyl groups is 1. The molecule has 5 heteroatoms. The van der Waals surface area contributed by atoms with Gasteiger partial charge in [-0.3, -0.25) is 4.79 Å². The molecule has 0 bridgehead atoms. The molecule has 5 nitrogen and oxygen atoms in total. The van der Waals surface area contributed by atoms with Crippen molar-refractivity contribution >= 4 is 5.91 Å². The molecule has 25 heavy (non-hydrogen) atoms. The summed E-state index contributed by atoms with van der Waals surface area (Å²) in [6.45, 7) is 9.35. The van der Waals surface area contributed by atoms with Gasteiger partial charge in [0.2, 0.25) is 5.91 Å². The number of hydrogen-bond acceptors (Lipinski definition) is 4. The minimum atomic E-state index is -0.779. The zero-order valence-corrected chi connectivity index (χ0v) is 15.7. The average Bonchev–Trinajstić information content (AvgIpc) is 2.59. The van der Waals surface area contributed by atoms with Gasteiger partial charge in [0.1, 0.15) is 5.75 Å². The molecule has 1 aliphatic heterocycles. The molecule has 0 unspecified atom stereocenters. The van der Waals surface area contributed by atoms with Crippen LogP contribution in [0.5, 0.6) is 5.75 Å². The summed E-state index contributed by atoms with van der Waals surface area (Å²) < 4.78 is 0. The van der Waals surface area contributed by atoms with E-state index in [0.29, 0.717) is 30.5 Å². The van der Waals surface area contributed by atoms with E-state index in [-0.39, 0.29) is 18.2 Å². The fourth-order valence-electron chi connectivity index (χ4n) is 3.50. The van der Waals surface area contributed by atoms with Crippen molar-refractivity contribution in [1.29, 1.82) is 0 Å². The van der Waals surface area contributed by atoms with Gasteiger partial charge in [-0.15, -0.1) is 0 Å². The molecule has 2 rings (SSSR count). The Balaban J connectivity index is 1.86. The van der Waals surface area contributed by atoms with E-state index in [4.69, 9.17) is 0 Å². The highest BCUT2D eigenvalue weighted by Gasteiger charge is 2.25. The predicted octanol–water partition coefficient (Wildman–Crippen LogP) is 2.78. The molecule has 1 amide bonds. The molecule has 1 heterocycles. The minimum Gasteiger partial charge on any atom is -0.508 e. The Labute approximate surface area is 151 Å². The number of hydrogen-bond donors (Lipinski definition) is 2. The predicted molar refractivity (Wildman–Crippen MR) is 99.4 cm³/mol. The van der Waals surface area contributed by atoms with Gasteiger partial charge in [0.05, 0.1) is 12.6 Å². The van der Waals surface area contributed by atoms with Gasteiger partial charge in [-0.05, 0) is 70.3 Å². The molecule has 2 N–H and O–H groups in total. The molecular formula is C20H32N2O3. The van der Waals surface area contributed by atoms with E-state index >= 15 is 0 Å². The van der Waals surface area contributed by atoms with Crippen LogP contribution < -0.4 is 0 Å². The van der Waals surface area contributed by atoms with Gasteiger partial charge in [-0.1, -0.05) is 12.1 Å². The Morgan fingerprint density at radius 1 is 1.32 bits per heavy atom. The first-order valence-electron chi connectivity index (χ1n) is 9.39. The number of carbonyl (C=O) groups is 1. The van der Waals surface area contributed by atoms with Crippen LogP contribution in [-0.4, -0.2) is 58.1 Å². The van der Waals surface area contributed by atoms with Crippen LogP contribution in [0.15, 0.2) is 24.3 Å². The summed E-state index contributed by atoms with van der Waals surface area (Å²) in [5.41, 5.74) is 0.636. The lowest BCUT2D eigenvalue weighted by molar-refractivity contribution is -0.133. The van der Waals surface area contributed by atoms with Crippen LogP contribution in [0, 0.1) is 5.92 Å². The van der Waals surface area contributed by atoms with Crippen LogP contribution in [0.1, 0.15) is 51.7 Å². The molecule has 0 aliphatic carbocycles. The smallest absolute Gasteiger partial charge is 0.222 e. The number of amides is 1. The zero-order valence-electron chi connectivity index (χ0n) is 15.7. The van der Waals surface area contributed by atoms with E-state index in [1.165, 1.54) is 0 Å². The summed E-state index contributed by atoms with van der Waals surface area (Å²) in [5.74, 6) is 0.682. The Hall–Kier alpha value is -1.59. The van der Waals surface area contributed by atoms with E-state index in [1.54, 1.807) is 29.2 Å². The third-order valence-corrected chi connectivity index (χ3v) is 5.23. The molecule has 0 radical (unpaired) electrons. The lowest BCUT2D eigenvalue weighted by atomic mass is 9.92. The number of carbonyl (C=O) groups excluding carboxylic acids is 1. The molecule has 140 valence electrons. The first kappa shape index (κ1) is 19.7. The number of aliphatic hydroxyl groups excluding tert-OH is 1. The zero-order chi connectivity index (χ0) is 18.4. The monoisotopic (exact) mass is 348 g/mol. The van der Waals surface area contributed by atoms with Crippen molar-refractivity contribution in [2.45, 2.75) is 52.2 Å². The third kappa shape index (κ3) is 5.72. The first-order chi connectivity index (χ1) is 11.9. The Bertz CT molecular complexity index is 554. The van der Waals surface area contributed by atoms with Crippen molar-refractivity contribution in [1.82, 2.24) is 9.80 Å². The largest absolute Gasteiger partial charge is 0.508 e. The highest BCUT2D eigenvalue weighted by Crippen LogP contribution is 2.24. The van der Waals surface area contributed by atoms with E-state index < -0.39 is 6.10 Å². The number of likely N-dealkylation sites (tertiary alicyclic amines) is 1. The van der Waals surface area contributed by atoms with E-state index in [2.05, 4.69) is 18.7 Å². The summed E-state index contributed by atoms with van der Waals surface area (Å²) in [7, 11) is 0. The standard InChI is InChI=1S/C20H32N2O3/c1-4-21(14-19(24)17-6-5-7-18(23)13-17)20(25)12-16-8-10-22(11-9-16)15(2)3/h5-7,13,15-16,19,23-24H,4,8-12,14H2,1-3H3/t19-/m0/s1. The minimum absolute atomic E-state index is 0.115. The number of likely N-dealkylation sites (N-methyl/N-ethyl adjacent to an activating group) is 1. The molecular weight excluding hydrogens is 316 g/mol. The Morgan fingerprint density at radius 3 is 2.56 bits per heavy atom. The number of piperidine rings is 1. The molecule has 1 aromatic rings. The van der Waals surface area contributed by atoms with E-state index in [1.807, 2.05) is 6.92 Å². The number of aromatic hydroxyl groups is 1. The van der Waals surface area contributed by atoms with Gasteiger partial charge in [0, 0.05) is 19.0 Å². The number of phenolic OH excluding ortho intramolecular Hbond substituents is 1. The molecule has 1 aliphatic rings. The van der Waals surface area contributed by atoms with Crippen molar-refractivity contribution in [3.05, 3.63) is 29.8 Å². The van der Waals surface area contributed by atoms with Gasteiger partial charge in [-0.25, -0.2) is 0 Å². The maximum absolute atomic E-state index is 12.6. The molecule has 0 saturated carbocycles. The number of rotatable bonds is 7. The van der Waals surface area contributed by atoms with Gasteiger partial charge in [0.25, 0.3) is 0 Å². The Morgan fingerprint density at radius 2 is 2.00 bits per heavy atom. The van der Waals surface area contributed by atoms with Crippen LogP contribution in [0.3, 0.4) is 0 Å². The lowest BCUT2D eigenvalue weighted by Crippen LogP contribution is -2.41. The van der Waals surface area contributed by atoms with Gasteiger partial charge in [-0.2, -0.15) is 0 Å². The van der Waals surface area contributed by atoms with Crippen molar-refractivity contribution in [3.8, 4) is 5.75 Å². The summed E-state index contributed by atoms with van der Waals surface area (Å²) in [6, 6.07) is 7.16. The molecule has 1 saturated heterocycles. The number of nitrogens with zero attached hydrogens (tertiary/aromatic N) is 2. The van der Waals surface area contributed by atoms with E-state index in [9.17, 15) is 15.0 Å². The summed E-state index contributed by atoms with van der Waals surface area (Å²) in [5, 5.41) is 19.9. The second-order valence-electron chi connectivity index (χ2n) is 7.32. The van der Waals surface area contributed by atoms with E-state index in [0.717, 1.165) is 25.9 Å². The van der Waals surface area contributed by atoms with Gasteiger partial charge >= 0.3 is 0 Å². The summed E-state index contributed by atoms with van der Waals surface area (Å²) >= 11 is 0. The van der Waals surface area contributed by atoms with Crippen molar-refractivity contribution in [2.75, 3.05) is 26.2 Å². The van der Waals surface area contributed by atoms with Crippen molar-refractivity contribution < 1.29 is 15.0 Å². The topological polar surface area (TPSA) is 64.0 Å². The molecule has 1 aromatic carbocycles. The first-order valence-corrected chi connectivity index (χ1v) is 9.39. The van der Waals surface area contributed by atoms with Crippen LogP contribution >= 0.6 is 0 Å². The maximum atomic E-state index is 12.6. The average molecular weight is 348 g/mol. The highest BCUT2D eigenvalue weighted by molar-refractivity contribution is 5.76. The van der Waals surface area contributed by atoms with Crippen molar-refractivity contribution in [2.24, 2.45) is 5.92 Å². The number of benzene rings is 1. The highest BCUT2D eigenvalue weighted by atomic mass is 16.3.